The summed E-state index contributed by atoms with van der Waals surface area (Å²) in [4.78, 5) is 7.89. The van der Waals surface area contributed by atoms with Gasteiger partial charge in [-0.25, -0.2) is 18.1 Å². The van der Waals surface area contributed by atoms with Crippen molar-refractivity contribution in [3.05, 3.63) is 47.0 Å². The monoisotopic (exact) mass is 327 g/mol. The molecule has 0 spiro atoms. The van der Waals surface area contributed by atoms with E-state index in [4.69, 9.17) is 23.2 Å². The molecule has 20 heavy (non-hydrogen) atoms. The van der Waals surface area contributed by atoms with Gasteiger partial charge in [-0.05, 0) is 17.7 Å². The van der Waals surface area contributed by atoms with Gasteiger partial charge in [-0.2, -0.15) is 0 Å². The molecule has 0 aliphatic heterocycles. The molecule has 0 saturated carbocycles. The fourth-order valence-corrected chi connectivity index (χ4v) is 2.85. The van der Waals surface area contributed by atoms with Crippen LogP contribution in [0.25, 0.3) is 22.2 Å². The van der Waals surface area contributed by atoms with Gasteiger partial charge in [0.15, 0.2) is 0 Å². The summed E-state index contributed by atoms with van der Waals surface area (Å²) in [6.07, 6.45) is 2.92. The van der Waals surface area contributed by atoms with Crippen molar-refractivity contribution in [1.82, 2.24) is 13.9 Å². The van der Waals surface area contributed by atoms with Crippen molar-refractivity contribution < 1.29 is 8.76 Å². The Morgan fingerprint density at radius 1 is 1.25 bits per heavy atom. The second kappa shape index (κ2) is 5.14. The van der Waals surface area contributed by atoms with Crippen LogP contribution in [-0.2, 0) is 11.3 Å². The maximum atomic E-state index is 11.4. The first kappa shape index (κ1) is 13.5. The molecule has 0 bridgehead atoms. The Morgan fingerprint density at radius 2 is 2.00 bits per heavy atom. The van der Waals surface area contributed by atoms with E-state index in [1.54, 1.807) is 12.1 Å². The quantitative estimate of drug-likeness (QED) is 0.578. The van der Waals surface area contributed by atoms with Crippen LogP contribution in [0.3, 0.4) is 0 Å². The highest BCUT2D eigenvalue weighted by atomic mass is 35.5. The molecule has 1 atom stereocenters. The van der Waals surface area contributed by atoms with Crippen LogP contribution in [0.1, 0.15) is 0 Å². The van der Waals surface area contributed by atoms with E-state index in [2.05, 4.69) is 9.97 Å². The lowest BCUT2D eigenvalue weighted by molar-refractivity contribution is 0.556. The summed E-state index contributed by atoms with van der Waals surface area (Å²) >= 11 is 9.71. The Morgan fingerprint density at radius 3 is 2.75 bits per heavy atom. The zero-order chi connectivity index (χ0) is 14.3. The largest absolute Gasteiger partial charge is 0.289 e. The van der Waals surface area contributed by atoms with Crippen molar-refractivity contribution in [2.45, 2.75) is 0 Å². The van der Waals surface area contributed by atoms with Crippen molar-refractivity contribution in [1.29, 1.82) is 0 Å². The van der Waals surface area contributed by atoms with Crippen molar-refractivity contribution in [3.63, 3.8) is 0 Å². The standard InChI is InChI=1S/C12H7Cl2N3O2S/c13-9-5-15-12(14)16-11(9)8-6-17(20(18)19)10-4-2-1-3-7(8)10/h1-6H,(H,18,19). The summed E-state index contributed by atoms with van der Waals surface area (Å²) in [5, 5.41) is 1.14. The summed E-state index contributed by atoms with van der Waals surface area (Å²) in [7, 11) is 0. The molecule has 102 valence electrons. The lowest BCUT2D eigenvalue weighted by Gasteiger charge is -2.01. The van der Waals surface area contributed by atoms with Crippen molar-refractivity contribution >= 4 is 45.4 Å². The van der Waals surface area contributed by atoms with E-state index in [1.165, 1.54) is 16.4 Å². The summed E-state index contributed by atoms with van der Waals surface area (Å²) < 4.78 is 22.0. The highest BCUT2D eigenvalue weighted by Gasteiger charge is 2.16. The number of hydrogen-bond acceptors (Lipinski definition) is 3. The number of para-hydroxylation sites is 1. The van der Waals surface area contributed by atoms with Crippen LogP contribution in [0.4, 0.5) is 0 Å². The van der Waals surface area contributed by atoms with Crippen LogP contribution in [0.5, 0.6) is 0 Å². The minimum absolute atomic E-state index is 0.0614. The molecule has 1 aromatic carbocycles. The van der Waals surface area contributed by atoms with E-state index >= 15 is 0 Å². The minimum atomic E-state index is -2.17. The van der Waals surface area contributed by atoms with E-state index in [-0.39, 0.29) is 5.28 Å². The van der Waals surface area contributed by atoms with Gasteiger partial charge >= 0.3 is 0 Å². The average molecular weight is 328 g/mol. The molecule has 3 aromatic rings. The molecule has 0 radical (unpaired) electrons. The Hall–Kier alpha value is -1.47. The van der Waals surface area contributed by atoms with Gasteiger partial charge in [-0.3, -0.25) is 4.55 Å². The molecule has 3 rings (SSSR count). The topological polar surface area (TPSA) is 68.0 Å². The zero-order valence-corrected chi connectivity index (χ0v) is 12.2. The first-order valence-corrected chi connectivity index (χ1v) is 7.29. The third kappa shape index (κ3) is 2.20. The van der Waals surface area contributed by atoms with Gasteiger partial charge < -0.3 is 0 Å². The molecule has 0 amide bonds. The highest BCUT2D eigenvalue weighted by Crippen LogP contribution is 2.33. The molecule has 0 saturated heterocycles. The SMILES string of the molecule is O=S(O)n1cc(-c2nc(Cl)ncc2Cl)c2ccccc21. The Labute approximate surface area is 126 Å². The number of hydrogen-bond donors (Lipinski definition) is 1. The lowest BCUT2D eigenvalue weighted by atomic mass is 10.1. The molecule has 2 aromatic heterocycles. The number of rotatable bonds is 2. The molecule has 2 heterocycles. The summed E-state index contributed by atoms with van der Waals surface area (Å²) in [6, 6.07) is 7.17. The normalized spacial score (nSPS) is 12.8. The third-order valence-electron chi connectivity index (χ3n) is 2.82. The number of halogens is 2. The maximum absolute atomic E-state index is 11.4. The second-order valence-electron chi connectivity index (χ2n) is 3.95. The second-order valence-corrected chi connectivity index (χ2v) is 5.55. The first-order chi connectivity index (χ1) is 9.58. The van der Waals surface area contributed by atoms with Crippen LogP contribution in [-0.4, -0.2) is 22.7 Å². The predicted molar refractivity (Wildman–Crippen MR) is 79.2 cm³/mol. The summed E-state index contributed by atoms with van der Waals surface area (Å²) in [5.74, 6) is 0. The van der Waals surface area contributed by atoms with Crippen LogP contribution in [0.15, 0.2) is 36.7 Å². The fourth-order valence-electron chi connectivity index (χ4n) is 2.00. The Kier molecular flexibility index (Phi) is 3.47. The maximum Gasteiger partial charge on any atom is 0.266 e. The molecule has 0 aliphatic rings. The Bertz CT molecular complexity index is 835. The van der Waals surface area contributed by atoms with Gasteiger partial charge in [0.25, 0.3) is 11.3 Å². The first-order valence-electron chi connectivity index (χ1n) is 5.48. The van der Waals surface area contributed by atoms with E-state index in [1.807, 2.05) is 12.1 Å². The molecular weight excluding hydrogens is 321 g/mol. The van der Waals surface area contributed by atoms with Crippen LogP contribution >= 0.6 is 23.2 Å². The molecule has 0 aliphatic carbocycles. The predicted octanol–water partition coefficient (Wildman–Crippen LogP) is 3.39. The summed E-state index contributed by atoms with van der Waals surface area (Å²) in [5.41, 5.74) is 1.65. The summed E-state index contributed by atoms with van der Waals surface area (Å²) in [6.45, 7) is 0. The van der Waals surface area contributed by atoms with Gasteiger partial charge in [0.1, 0.15) is 0 Å². The van der Waals surface area contributed by atoms with Gasteiger partial charge in [-0.1, -0.05) is 29.8 Å². The molecule has 8 heteroatoms. The van der Waals surface area contributed by atoms with Crippen LogP contribution in [0, 0.1) is 0 Å². The molecule has 0 fully saturated rings. The lowest BCUT2D eigenvalue weighted by Crippen LogP contribution is -1.99. The zero-order valence-electron chi connectivity index (χ0n) is 9.83. The van der Waals surface area contributed by atoms with E-state index in [0.717, 1.165) is 5.39 Å². The third-order valence-corrected chi connectivity index (χ3v) is 3.91. The molecule has 1 N–H and O–H groups in total. The number of benzene rings is 1. The van der Waals surface area contributed by atoms with Gasteiger partial charge in [0, 0.05) is 17.1 Å². The number of fused-ring (bicyclic) bond motifs is 1. The van der Waals surface area contributed by atoms with Gasteiger partial charge in [0.05, 0.1) is 22.4 Å². The van der Waals surface area contributed by atoms with Crippen LogP contribution < -0.4 is 0 Å². The van der Waals surface area contributed by atoms with Gasteiger partial charge in [-0.15, -0.1) is 0 Å². The van der Waals surface area contributed by atoms with E-state index in [9.17, 15) is 8.76 Å². The smallest absolute Gasteiger partial charge is 0.266 e. The average Bonchev–Trinajstić information content (AvgIpc) is 2.81. The minimum Gasteiger partial charge on any atom is -0.289 e. The fraction of sp³-hybridized carbons (Fsp3) is 0. The van der Waals surface area contributed by atoms with Crippen molar-refractivity contribution in [2.24, 2.45) is 0 Å². The molecule has 5 nitrogen and oxygen atoms in total. The van der Waals surface area contributed by atoms with Crippen molar-refractivity contribution in [3.8, 4) is 11.3 Å². The molecular formula is C12H7Cl2N3O2S. The Balaban J connectivity index is 2.37. The van der Waals surface area contributed by atoms with E-state index < -0.39 is 11.3 Å². The van der Waals surface area contributed by atoms with E-state index in [0.29, 0.717) is 21.8 Å². The number of aromatic nitrogens is 3. The number of nitrogens with zero attached hydrogens (tertiary/aromatic N) is 3. The van der Waals surface area contributed by atoms with Gasteiger partial charge in [0.2, 0.25) is 5.28 Å². The van der Waals surface area contributed by atoms with Crippen molar-refractivity contribution in [2.75, 3.05) is 0 Å². The molecule has 1 unspecified atom stereocenters. The highest BCUT2D eigenvalue weighted by molar-refractivity contribution is 7.77. The van der Waals surface area contributed by atoms with Crippen LogP contribution in [0.2, 0.25) is 10.3 Å².